The normalized spacial score (nSPS) is 14.6. The van der Waals surface area contributed by atoms with Gasteiger partial charge in [-0.3, -0.25) is 9.69 Å². The van der Waals surface area contributed by atoms with Crippen LogP contribution in [-0.4, -0.2) is 52.0 Å². The van der Waals surface area contributed by atoms with Gasteiger partial charge in [0.2, 0.25) is 0 Å². The van der Waals surface area contributed by atoms with E-state index in [1.165, 1.54) is 0 Å². The third kappa shape index (κ3) is 4.42. The maximum absolute atomic E-state index is 12.8. The highest BCUT2D eigenvalue weighted by atomic mass is 32.1. The van der Waals surface area contributed by atoms with E-state index in [2.05, 4.69) is 27.6 Å². The molecule has 1 aliphatic heterocycles. The summed E-state index contributed by atoms with van der Waals surface area (Å²) >= 11 is 1.67. The van der Waals surface area contributed by atoms with E-state index in [4.69, 9.17) is 9.51 Å². The first-order valence-corrected chi connectivity index (χ1v) is 11.2. The lowest BCUT2D eigenvalue weighted by Crippen LogP contribution is -2.48. The van der Waals surface area contributed by atoms with Crippen LogP contribution in [0, 0.1) is 0 Å². The van der Waals surface area contributed by atoms with Crippen LogP contribution in [0.2, 0.25) is 0 Å². The monoisotopic (exact) mass is 430 g/mol. The van der Waals surface area contributed by atoms with E-state index in [0.717, 1.165) is 41.5 Å². The van der Waals surface area contributed by atoms with Crippen LogP contribution in [0.25, 0.3) is 21.9 Å². The maximum atomic E-state index is 12.8. The van der Waals surface area contributed by atoms with Gasteiger partial charge in [-0.25, -0.2) is 4.98 Å². The van der Waals surface area contributed by atoms with E-state index in [9.17, 15) is 4.79 Å². The van der Waals surface area contributed by atoms with Crippen molar-refractivity contribution in [3.63, 3.8) is 0 Å². The summed E-state index contributed by atoms with van der Waals surface area (Å²) in [5.74, 6) is 0.533. The summed E-state index contributed by atoms with van der Waals surface area (Å²) in [5.41, 5.74) is 3.50. The molecule has 4 aromatic rings. The molecule has 0 spiro atoms. The first-order chi connectivity index (χ1) is 15.3. The van der Waals surface area contributed by atoms with Crippen LogP contribution in [0.1, 0.15) is 16.2 Å². The number of benzene rings is 2. The molecule has 1 saturated heterocycles. The van der Waals surface area contributed by atoms with Crippen LogP contribution in [0.3, 0.4) is 0 Å². The van der Waals surface area contributed by atoms with Crippen molar-refractivity contribution in [3.8, 4) is 21.9 Å². The molecule has 0 atom stereocenters. The Morgan fingerprint density at radius 2 is 1.61 bits per heavy atom. The van der Waals surface area contributed by atoms with Gasteiger partial charge in [0.1, 0.15) is 5.01 Å². The van der Waals surface area contributed by atoms with Gasteiger partial charge in [0, 0.05) is 55.3 Å². The summed E-state index contributed by atoms with van der Waals surface area (Å²) in [6.45, 7) is 3.76. The molecule has 3 heterocycles. The first-order valence-electron chi connectivity index (χ1n) is 10.3. The van der Waals surface area contributed by atoms with Gasteiger partial charge < -0.3 is 9.42 Å². The van der Waals surface area contributed by atoms with Crippen LogP contribution >= 0.6 is 11.3 Å². The Labute approximate surface area is 184 Å². The lowest BCUT2D eigenvalue weighted by Gasteiger charge is -2.33. The molecule has 0 radical (unpaired) electrons. The predicted octanol–water partition coefficient (Wildman–Crippen LogP) is 4.42. The number of rotatable bonds is 5. The third-order valence-electron chi connectivity index (χ3n) is 5.41. The number of piperazine rings is 1. The molecule has 7 heteroatoms. The summed E-state index contributed by atoms with van der Waals surface area (Å²) in [6, 6.07) is 21.7. The molecule has 0 saturated carbocycles. The fourth-order valence-corrected chi connectivity index (χ4v) is 4.52. The van der Waals surface area contributed by atoms with Gasteiger partial charge in [0.25, 0.3) is 5.91 Å². The van der Waals surface area contributed by atoms with Crippen LogP contribution in [-0.2, 0) is 6.54 Å². The molecule has 2 aromatic carbocycles. The van der Waals surface area contributed by atoms with Crippen molar-refractivity contribution in [1.29, 1.82) is 0 Å². The van der Waals surface area contributed by atoms with Crippen molar-refractivity contribution in [2.75, 3.05) is 26.2 Å². The van der Waals surface area contributed by atoms with E-state index in [-0.39, 0.29) is 5.91 Å². The minimum atomic E-state index is -0.0781. The highest BCUT2D eigenvalue weighted by molar-refractivity contribution is 7.13. The van der Waals surface area contributed by atoms with Gasteiger partial charge in [-0.2, -0.15) is 0 Å². The molecule has 0 unspecified atom stereocenters. The van der Waals surface area contributed by atoms with E-state index in [1.54, 1.807) is 17.4 Å². The molecular formula is C24H22N4O2S. The number of aromatic nitrogens is 2. The van der Waals surface area contributed by atoms with Crippen molar-refractivity contribution < 1.29 is 9.32 Å². The predicted molar refractivity (Wildman–Crippen MR) is 121 cm³/mol. The molecule has 6 nitrogen and oxygen atoms in total. The third-order valence-corrected chi connectivity index (χ3v) is 6.35. The molecule has 5 rings (SSSR count). The Bertz CT molecular complexity index is 1150. The highest BCUT2D eigenvalue weighted by Gasteiger charge is 2.25. The van der Waals surface area contributed by atoms with Crippen LogP contribution < -0.4 is 0 Å². The summed E-state index contributed by atoms with van der Waals surface area (Å²) in [5, 5.41) is 7.17. The quantitative estimate of drug-likeness (QED) is 0.469. The molecule has 2 aromatic heterocycles. The Kier molecular flexibility index (Phi) is 5.60. The standard InChI is InChI=1S/C24H22N4O2S/c29-24(21-15-22(30-26-21)18-7-3-1-4-8-18)28-13-11-27(12-14-28)16-20-17-31-23(25-20)19-9-5-2-6-10-19/h1-10,15,17H,11-14,16H2. The number of thiazole rings is 1. The smallest absolute Gasteiger partial charge is 0.276 e. The zero-order valence-electron chi connectivity index (χ0n) is 17.0. The van der Waals surface area contributed by atoms with E-state index in [0.29, 0.717) is 24.5 Å². The molecule has 1 amide bonds. The molecule has 156 valence electrons. The van der Waals surface area contributed by atoms with Crippen molar-refractivity contribution in [3.05, 3.63) is 83.5 Å². The van der Waals surface area contributed by atoms with Crippen LogP contribution in [0.5, 0.6) is 0 Å². The van der Waals surface area contributed by atoms with Crippen molar-refractivity contribution >= 4 is 17.2 Å². The summed E-state index contributed by atoms with van der Waals surface area (Å²) in [4.78, 5) is 21.8. The lowest BCUT2D eigenvalue weighted by atomic mass is 10.1. The van der Waals surface area contributed by atoms with Gasteiger partial charge in [0.15, 0.2) is 11.5 Å². The second kappa shape index (κ2) is 8.83. The Morgan fingerprint density at radius 1 is 0.935 bits per heavy atom. The molecule has 31 heavy (non-hydrogen) atoms. The second-order valence-electron chi connectivity index (χ2n) is 7.52. The number of hydrogen-bond acceptors (Lipinski definition) is 6. The Morgan fingerprint density at radius 3 is 2.32 bits per heavy atom. The first kappa shape index (κ1) is 19.7. The maximum Gasteiger partial charge on any atom is 0.276 e. The number of hydrogen-bond donors (Lipinski definition) is 0. The zero-order valence-corrected chi connectivity index (χ0v) is 17.8. The number of carbonyl (C=O) groups excluding carboxylic acids is 1. The summed E-state index contributed by atoms with van der Waals surface area (Å²) in [7, 11) is 0. The van der Waals surface area contributed by atoms with Crippen molar-refractivity contribution in [2.45, 2.75) is 6.54 Å². The molecule has 1 aliphatic rings. The minimum absolute atomic E-state index is 0.0781. The topological polar surface area (TPSA) is 62.5 Å². The largest absolute Gasteiger partial charge is 0.355 e. The van der Waals surface area contributed by atoms with Gasteiger partial charge in [-0.1, -0.05) is 65.8 Å². The van der Waals surface area contributed by atoms with E-state index in [1.807, 2.05) is 53.4 Å². The van der Waals surface area contributed by atoms with Gasteiger partial charge in [-0.15, -0.1) is 11.3 Å². The Balaban J connectivity index is 1.17. The van der Waals surface area contributed by atoms with Gasteiger partial charge in [0.05, 0.1) is 5.69 Å². The number of carbonyl (C=O) groups is 1. The SMILES string of the molecule is O=C(c1cc(-c2ccccc2)on1)N1CCN(Cc2csc(-c3ccccc3)n2)CC1. The highest BCUT2D eigenvalue weighted by Crippen LogP contribution is 2.24. The van der Waals surface area contributed by atoms with Crippen molar-refractivity contribution in [2.24, 2.45) is 0 Å². The average molecular weight is 431 g/mol. The molecule has 1 fully saturated rings. The molecule has 0 aliphatic carbocycles. The van der Waals surface area contributed by atoms with E-state index < -0.39 is 0 Å². The fourth-order valence-electron chi connectivity index (χ4n) is 3.71. The number of nitrogens with zero attached hydrogens (tertiary/aromatic N) is 4. The Hall–Kier alpha value is -3.29. The van der Waals surface area contributed by atoms with Gasteiger partial charge in [-0.05, 0) is 0 Å². The fraction of sp³-hybridized carbons (Fsp3) is 0.208. The second-order valence-corrected chi connectivity index (χ2v) is 8.38. The van der Waals surface area contributed by atoms with E-state index >= 15 is 0 Å². The summed E-state index contributed by atoms with van der Waals surface area (Å²) < 4.78 is 5.39. The zero-order chi connectivity index (χ0) is 21.0. The molecule has 0 bridgehead atoms. The van der Waals surface area contributed by atoms with Crippen molar-refractivity contribution in [1.82, 2.24) is 19.9 Å². The van der Waals surface area contributed by atoms with Crippen LogP contribution in [0.4, 0.5) is 0 Å². The summed E-state index contributed by atoms with van der Waals surface area (Å²) in [6.07, 6.45) is 0. The molecular weight excluding hydrogens is 408 g/mol. The van der Waals surface area contributed by atoms with Gasteiger partial charge >= 0.3 is 0 Å². The molecule has 0 N–H and O–H groups in total. The minimum Gasteiger partial charge on any atom is -0.355 e. The average Bonchev–Trinajstić information content (AvgIpc) is 3.51. The number of amides is 1. The van der Waals surface area contributed by atoms with Crippen LogP contribution in [0.15, 0.2) is 76.6 Å². The lowest BCUT2D eigenvalue weighted by molar-refractivity contribution is 0.0617.